The zero-order chi connectivity index (χ0) is 10.2. The lowest BCUT2D eigenvalue weighted by Crippen LogP contribution is -2.12. The van der Waals surface area contributed by atoms with Gasteiger partial charge >= 0.3 is 5.97 Å². The molecule has 14 heavy (non-hydrogen) atoms. The van der Waals surface area contributed by atoms with Crippen LogP contribution in [0.2, 0.25) is 0 Å². The Morgan fingerprint density at radius 2 is 2.36 bits per heavy atom. The summed E-state index contributed by atoms with van der Waals surface area (Å²) in [7, 11) is 0. The lowest BCUT2D eigenvalue weighted by Gasteiger charge is -2.09. The maximum absolute atomic E-state index is 10.8. The number of carboxylic acids is 1. The number of rotatable bonds is 4. The quantitative estimate of drug-likeness (QED) is 0.787. The van der Waals surface area contributed by atoms with E-state index in [0.717, 1.165) is 17.7 Å². The first-order valence-electron chi connectivity index (χ1n) is 4.43. The number of nitrogens with zero attached hydrogens (tertiary/aromatic N) is 1. The number of aromatic nitrogens is 1. The molecule has 1 heterocycles. The maximum atomic E-state index is 10.8. The maximum Gasteiger partial charge on any atom is 0.355 e. The van der Waals surface area contributed by atoms with Gasteiger partial charge in [-0.25, -0.2) is 9.78 Å². The van der Waals surface area contributed by atoms with Gasteiger partial charge in [0.15, 0.2) is 5.69 Å². The highest BCUT2D eigenvalue weighted by Gasteiger charge is 2.43. The van der Waals surface area contributed by atoms with Gasteiger partial charge in [0.2, 0.25) is 0 Å². The summed E-state index contributed by atoms with van der Waals surface area (Å²) < 4.78 is 0. The Morgan fingerprint density at radius 1 is 1.64 bits per heavy atom. The highest BCUT2D eigenvalue weighted by Crippen LogP contribution is 2.48. The van der Waals surface area contributed by atoms with Crippen LogP contribution in [0, 0.1) is 5.41 Å². The van der Waals surface area contributed by atoms with Crippen LogP contribution in [0.4, 0.5) is 0 Å². The van der Waals surface area contributed by atoms with E-state index in [9.17, 15) is 4.79 Å². The lowest BCUT2D eigenvalue weighted by molar-refractivity contribution is 0.0689. The summed E-state index contributed by atoms with van der Waals surface area (Å²) in [4.78, 5) is 15.3. The summed E-state index contributed by atoms with van der Waals surface area (Å²) in [6.45, 7) is 0.143. The van der Waals surface area contributed by atoms with E-state index >= 15 is 0 Å². The highest BCUT2D eigenvalue weighted by atomic mass is 32.1. The number of hydrogen-bond acceptors (Lipinski definition) is 4. The molecule has 1 aromatic rings. The summed E-state index contributed by atoms with van der Waals surface area (Å²) in [5.41, 5.74) is 1.65. The van der Waals surface area contributed by atoms with Crippen LogP contribution in [0.15, 0.2) is 5.51 Å². The van der Waals surface area contributed by atoms with Gasteiger partial charge in [0.05, 0.1) is 5.51 Å². The molecule has 0 spiro atoms. The molecule has 5 heteroatoms. The van der Waals surface area contributed by atoms with Crippen LogP contribution < -0.4 is 0 Å². The molecule has 1 aliphatic carbocycles. The van der Waals surface area contributed by atoms with Crippen molar-refractivity contribution >= 4 is 17.3 Å². The molecule has 0 aliphatic heterocycles. The Kier molecular flexibility index (Phi) is 2.28. The minimum absolute atomic E-state index is 0.0449. The largest absolute Gasteiger partial charge is 0.476 e. The van der Waals surface area contributed by atoms with Crippen molar-refractivity contribution in [1.29, 1.82) is 0 Å². The third kappa shape index (κ3) is 1.65. The van der Waals surface area contributed by atoms with Crippen LogP contribution in [0.3, 0.4) is 0 Å². The minimum atomic E-state index is -0.977. The van der Waals surface area contributed by atoms with E-state index < -0.39 is 5.97 Å². The number of thiazole rings is 1. The van der Waals surface area contributed by atoms with E-state index in [0.29, 0.717) is 6.42 Å². The molecule has 1 aliphatic rings. The fourth-order valence-electron chi connectivity index (χ4n) is 1.48. The molecule has 1 fully saturated rings. The molecule has 2 N–H and O–H groups in total. The Labute approximate surface area is 85.2 Å². The van der Waals surface area contributed by atoms with Gasteiger partial charge in [-0.2, -0.15) is 0 Å². The topological polar surface area (TPSA) is 70.4 Å². The molecule has 0 atom stereocenters. The first-order chi connectivity index (χ1) is 6.67. The van der Waals surface area contributed by atoms with Crippen LogP contribution in [-0.2, 0) is 6.42 Å². The summed E-state index contributed by atoms with van der Waals surface area (Å²) >= 11 is 1.36. The Balaban J connectivity index is 2.16. The van der Waals surface area contributed by atoms with Crippen molar-refractivity contribution < 1.29 is 15.0 Å². The summed E-state index contributed by atoms with van der Waals surface area (Å²) in [6, 6.07) is 0. The van der Waals surface area contributed by atoms with Gasteiger partial charge in [0, 0.05) is 11.5 Å². The van der Waals surface area contributed by atoms with Crippen molar-refractivity contribution in [3.8, 4) is 0 Å². The van der Waals surface area contributed by atoms with E-state index in [1.807, 2.05) is 0 Å². The van der Waals surface area contributed by atoms with Crippen LogP contribution >= 0.6 is 11.3 Å². The smallest absolute Gasteiger partial charge is 0.355 e. The number of aromatic carboxylic acids is 1. The zero-order valence-corrected chi connectivity index (χ0v) is 8.38. The number of aliphatic hydroxyl groups is 1. The second-order valence-corrected chi connectivity index (χ2v) is 4.70. The van der Waals surface area contributed by atoms with Gasteiger partial charge in [-0.05, 0) is 24.7 Å². The fourth-order valence-corrected chi connectivity index (χ4v) is 2.41. The molecule has 4 nitrogen and oxygen atoms in total. The van der Waals surface area contributed by atoms with E-state index in [1.165, 1.54) is 11.3 Å². The van der Waals surface area contributed by atoms with Gasteiger partial charge in [-0.3, -0.25) is 0 Å². The van der Waals surface area contributed by atoms with Gasteiger partial charge in [-0.15, -0.1) is 11.3 Å². The minimum Gasteiger partial charge on any atom is -0.476 e. The van der Waals surface area contributed by atoms with Crippen molar-refractivity contribution in [2.45, 2.75) is 19.3 Å². The monoisotopic (exact) mass is 213 g/mol. The molecule has 0 unspecified atom stereocenters. The zero-order valence-electron chi connectivity index (χ0n) is 7.56. The third-order valence-electron chi connectivity index (χ3n) is 2.67. The molecular formula is C9H11NO3S. The molecule has 76 valence electrons. The second-order valence-electron chi connectivity index (χ2n) is 3.76. The van der Waals surface area contributed by atoms with Gasteiger partial charge in [0.25, 0.3) is 0 Å². The van der Waals surface area contributed by atoms with Gasteiger partial charge in [0.1, 0.15) is 0 Å². The lowest BCUT2D eigenvalue weighted by atomic mass is 10.0. The molecule has 0 saturated heterocycles. The Bertz CT molecular complexity index is 357. The van der Waals surface area contributed by atoms with E-state index in [-0.39, 0.29) is 17.7 Å². The Hall–Kier alpha value is -0.940. The first-order valence-corrected chi connectivity index (χ1v) is 5.31. The van der Waals surface area contributed by atoms with Crippen LogP contribution in [0.1, 0.15) is 28.2 Å². The summed E-state index contributed by atoms with van der Waals surface area (Å²) in [6.07, 6.45) is 2.62. The van der Waals surface area contributed by atoms with Crippen molar-refractivity contribution in [2.24, 2.45) is 5.41 Å². The van der Waals surface area contributed by atoms with E-state index in [2.05, 4.69) is 4.98 Å². The van der Waals surface area contributed by atoms with Gasteiger partial charge in [-0.1, -0.05) is 0 Å². The van der Waals surface area contributed by atoms with Crippen LogP contribution in [0.5, 0.6) is 0 Å². The van der Waals surface area contributed by atoms with E-state index in [1.54, 1.807) is 5.51 Å². The average Bonchev–Trinajstić information content (AvgIpc) is 2.76. The third-order valence-corrected chi connectivity index (χ3v) is 3.50. The second kappa shape index (κ2) is 3.33. The highest BCUT2D eigenvalue weighted by molar-refractivity contribution is 7.09. The predicted octanol–water partition coefficient (Wildman–Crippen LogP) is 1.16. The fraction of sp³-hybridized carbons (Fsp3) is 0.556. The molecule has 1 saturated carbocycles. The molecule has 2 rings (SSSR count). The summed E-state index contributed by atoms with van der Waals surface area (Å²) in [5.74, 6) is -0.977. The summed E-state index contributed by atoms with van der Waals surface area (Å²) in [5, 5.41) is 17.9. The van der Waals surface area contributed by atoms with Crippen LogP contribution in [0.25, 0.3) is 0 Å². The molecule has 0 aromatic carbocycles. The Morgan fingerprint density at radius 3 is 2.86 bits per heavy atom. The number of carboxylic acid groups (broad SMARTS) is 1. The molecular weight excluding hydrogens is 202 g/mol. The predicted molar refractivity (Wildman–Crippen MR) is 51.5 cm³/mol. The first kappa shape index (κ1) is 9.61. The van der Waals surface area contributed by atoms with Gasteiger partial charge < -0.3 is 10.2 Å². The number of aliphatic hydroxyl groups excluding tert-OH is 1. The molecule has 0 radical (unpaired) electrons. The molecule has 0 amide bonds. The number of hydrogen-bond donors (Lipinski definition) is 2. The molecule has 0 bridgehead atoms. The van der Waals surface area contributed by atoms with Crippen molar-refractivity contribution in [3.63, 3.8) is 0 Å². The number of carbonyl (C=O) groups is 1. The van der Waals surface area contributed by atoms with E-state index in [4.69, 9.17) is 10.2 Å². The average molecular weight is 213 g/mol. The van der Waals surface area contributed by atoms with Crippen molar-refractivity contribution in [1.82, 2.24) is 4.98 Å². The SMILES string of the molecule is O=C(O)c1ncsc1CC1(CO)CC1. The van der Waals surface area contributed by atoms with Crippen LogP contribution in [-0.4, -0.2) is 27.8 Å². The van der Waals surface area contributed by atoms with Crippen molar-refractivity contribution in [2.75, 3.05) is 6.61 Å². The normalized spacial score (nSPS) is 18.1. The van der Waals surface area contributed by atoms with Crippen molar-refractivity contribution in [3.05, 3.63) is 16.1 Å². The molecule has 1 aromatic heterocycles. The standard InChI is InChI=1S/C9H11NO3S/c11-4-9(1-2-9)3-6-7(8(12)13)10-5-14-6/h5,11H,1-4H2,(H,12,13).